The van der Waals surface area contributed by atoms with E-state index in [2.05, 4.69) is 18.0 Å². The van der Waals surface area contributed by atoms with E-state index in [1.54, 1.807) is 0 Å². The van der Waals surface area contributed by atoms with E-state index in [0.29, 0.717) is 0 Å². The second-order valence-electron chi connectivity index (χ2n) is 2.98. The van der Waals surface area contributed by atoms with Crippen LogP contribution in [0.3, 0.4) is 0 Å². The molecule has 0 amide bonds. The highest BCUT2D eigenvalue weighted by atomic mass is 14.7. The number of allylic oxidation sites excluding steroid dienone is 2. The molecule has 0 spiro atoms. The molecule has 64 valence electrons. The molecule has 0 aliphatic rings. The molecule has 0 bridgehead atoms. The Hall–Kier alpha value is -1.31. The Morgan fingerprint density at radius 1 is 1.67 bits per heavy atom. The fourth-order valence-corrected chi connectivity index (χ4v) is 0.976. The van der Waals surface area contributed by atoms with Gasteiger partial charge in [0.25, 0.3) is 0 Å². The molecule has 0 saturated carbocycles. The Kier molecular flexibility index (Phi) is 2.86. The van der Waals surface area contributed by atoms with Gasteiger partial charge in [-0.05, 0) is 31.5 Å². The Balaban J connectivity index is 2.70. The predicted molar refractivity (Wildman–Crippen MR) is 50.6 cm³/mol. The van der Waals surface area contributed by atoms with Crippen molar-refractivity contribution in [3.8, 4) is 0 Å². The lowest BCUT2D eigenvalue weighted by Gasteiger charge is -1.97. The number of rotatable bonds is 2. The standard InChI is InChI=1S/C10H14N2/c1-8-5-6-12-10(7-8)4-3-9(2)11/h3,5-7H,4,11H2,1-2H3/b9-3+. The van der Waals surface area contributed by atoms with Crippen molar-refractivity contribution >= 4 is 0 Å². The number of nitrogens with two attached hydrogens (primary N) is 1. The van der Waals surface area contributed by atoms with Crippen molar-refractivity contribution in [1.82, 2.24) is 4.98 Å². The molecule has 2 nitrogen and oxygen atoms in total. The van der Waals surface area contributed by atoms with Gasteiger partial charge in [-0.1, -0.05) is 6.08 Å². The van der Waals surface area contributed by atoms with E-state index in [0.717, 1.165) is 17.8 Å². The van der Waals surface area contributed by atoms with E-state index < -0.39 is 0 Å². The molecule has 1 aromatic rings. The summed E-state index contributed by atoms with van der Waals surface area (Å²) in [4.78, 5) is 4.21. The summed E-state index contributed by atoms with van der Waals surface area (Å²) in [7, 11) is 0. The van der Waals surface area contributed by atoms with Gasteiger partial charge in [-0.3, -0.25) is 4.98 Å². The van der Waals surface area contributed by atoms with Crippen molar-refractivity contribution in [2.45, 2.75) is 20.3 Å². The highest BCUT2D eigenvalue weighted by molar-refractivity contribution is 5.16. The zero-order valence-corrected chi connectivity index (χ0v) is 7.54. The number of hydrogen-bond acceptors (Lipinski definition) is 2. The quantitative estimate of drug-likeness (QED) is 0.720. The summed E-state index contributed by atoms with van der Waals surface area (Å²) in [6, 6.07) is 4.06. The molecule has 1 heterocycles. The molecule has 0 radical (unpaired) electrons. The van der Waals surface area contributed by atoms with Crippen molar-refractivity contribution < 1.29 is 0 Å². The summed E-state index contributed by atoms with van der Waals surface area (Å²) < 4.78 is 0. The zero-order valence-electron chi connectivity index (χ0n) is 7.54. The summed E-state index contributed by atoms with van der Waals surface area (Å²) >= 11 is 0. The Labute approximate surface area is 73.1 Å². The predicted octanol–water partition coefficient (Wildman–Crippen LogP) is 1.80. The number of aryl methyl sites for hydroxylation is 1. The van der Waals surface area contributed by atoms with Crippen molar-refractivity contribution in [1.29, 1.82) is 0 Å². The molecule has 1 aromatic heterocycles. The molecule has 0 saturated heterocycles. The lowest BCUT2D eigenvalue weighted by molar-refractivity contribution is 1.08. The second kappa shape index (κ2) is 3.90. The molecule has 2 N–H and O–H groups in total. The maximum atomic E-state index is 5.51. The van der Waals surface area contributed by atoms with Crippen LogP contribution in [0.15, 0.2) is 30.1 Å². The fourth-order valence-electron chi connectivity index (χ4n) is 0.976. The molecular weight excluding hydrogens is 148 g/mol. The lowest BCUT2D eigenvalue weighted by Crippen LogP contribution is -1.93. The maximum Gasteiger partial charge on any atom is 0.0444 e. The van der Waals surface area contributed by atoms with Crippen LogP contribution in [0.1, 0.15) is 18.2 Å². The average molecular weight is 162 g/mol. The number of aromatic nitrogens is 1. The largest absolute Gasteiger partial charge is 0.403 e. The molecule has 0 aliphatic carbocycles. The molecule has 12 heavy (non-hydrogen) atoms. The van der Waals surface area contributed by atoms with Gasteiger partial charge in [-0.25, -0.2) is 0 Å². The third-order valence-corrected chi connectivity index (χ3v) is 1.61. The van der Waals surface area contributed by atoms with Crippen LogP contribution in [0.4, 0.5) is 0 Å². The minimum absolute atomic E-state index is 0.823. The van der Waals surface area contributed by atoms with Gasteiger partial charge < -0.3 is 5.73 Å². The van der Waals surface area contributed by atoms with E-state index in [1.165, 1.54) is 5.56 Å². The smallest absolute Gasteiger partial charge is 0.0444 e. The van der Waals surface area contributed by atoms with Gasteiger partial charge in [0, 0.05) is 24.0 Å². The number of pyridine rings is 1. The van der Waals surface area contributed by atoms with Gasteiger partial charge in [-0.15, -0.1) is 0 Å². The maximum absolute atomic E-state index is 5.51. The van der Waals surface area contributed by atoms with E-state index in [-0.39, 0.29) is 0 Å². The van der Waals surface area contributed by atoms with Crippen molar-refractivity contribution in [2.75, 3.05) is 0 Å². The first kappa shape index (κ1) is 8.78. The highest BCUT2D eigenvalue weighted by Gasteiger charge is 1.91. The van der Waals surface area contributed by atoms with Gasteiger partial charge in [0.05, 0.1) is 0 Å². The molecule has 0 atom stereocenters. The summed E-state index contributed by atoms with van der Waals surface area (Å²) in [5.74, 6) is 0. The minimum Gasteiger partial charge on any atom is -0.403 e. The number of nitrogens with zero attached hydrogens (tertiary/aromatic N) is 1. The molecule has 0 aromatic carbocycles. The van der Waals surface area contributed by atoms with Crippen molar-refractivity contribution in [2.24, 2.45) is 5.73 Å². The van der Waals surface area contributed by atoms with E-state index in [1.807, 2.05) is 25.3 Å². The van der Waals surface area contributed by atoms with Crippen LogP contribution >= 0.6 is 0 Å². The normalized spacial score (nSPS) is 11.7. The Bertz CT molecular complexity index is 286. The van der Waals surface area contributed by atoms with Crippen LogP contribution in [0.25, 0.3) is 0 Å². The van der Waals surface area contributed by atoms with Crippen molar-refractivity contribution in [3.05, 3.63) is 41.4 Å². The summed E-state index contributed by atoms with van der Waals surface area (Å²) in [5, 5.41) is 0. The van der Waals surface area contributed by atoms with Crippen LogP contribution in [-0.4, -0.2) is 4.98 Å². The van der Waals surface area contributed by atoms with E-state index >= 15 is 0 Å². The van der Waals surface area contributed by atoms with Gasteiger partial charge >= 0.3 is 0 Å². The molecule has 2 heteroatoms. The topological polar surface area (TPSA) is 38.9 Å². The highest BCUT2D eigenvalue weighted by Crippen LogP contribution is 2.01. The minimum atomic E-state index is 0.823. The lowest BCUT2D eigenvalue weighted by atomic mass is 10.2. The van der Waals surface area contributed by atoms with Gasteiger partial charge in [0.1, 0.15) is 0 Å². The molecule has 0 aliphatic heterocycles. The van der Waals surface area contributed by atoms with Crippen molar-refractivity contribution in [3.63, 3.8) is 0 Å². The third-order valence-electron chi connectivity index (χ3n) is 1.61. The molecule has 1 rings (SSSR count). The Morgan fingerprint density at radius 3 is 3.00 bits per heavy atom. The van der Waals surface area contributed by atoms with Gasteiger partial charge in [0.2, 0.25) is 0 Å². The molecular formula is C10H14N2. The summed E-state index contributed by atoms with van der Waals surface area (Å²) in [6.07, 6.45) is 4.62. The Morgan fingerprint density at radius 2 is 2.42 bits per heavy atom. The SMILES string of the molecule is C/C(N)=C\Cc1cc(C)ccn1. The molecule has 0 unspecified atom stereocenters. The first-order valence-electron chi connectivity index (χ1n) is 4.02. The van der Waals surface area contributed by atoms with Gasteiger partial charge in [0.15, 0.2) is 0 Å². The van der Waals surface area contributed by atoms with E-state index in [9.17, 15) is 0 Å². The first-order valence-corrected chi connectivity index (χ1v) is 4.02. The van der Waals surface area contributed by atoms with Crippen LogP contribution in [0, 0.1) is 6.92 Å². The fraction of sp³-hybridized carbons (Fsp3) is 0.300. The van der Waals surface area contributed by atoms with Crippen LogP contribution < -0.4 is 5.73 Å². The second-order valence-corrected chi connectivity index (χ2v) is 2.98. The molecule has 0 fully saturated rings. The van der Waals surface area contributed by atoms with Crippen LogP contribution in [0.5, 0.6) is 0 Å². The summed E-state index contributed by atoms with van der Waals surface area (Å²) in [5.41, 5.74) is 8.67. The monoisotopic (exact) mass is 162 g/mol. The van der Waals surface area contributed by atoms with Crippen LogP contribution in [0.2, 0.25) is 0 Å². The summed E-state index contributed by atoms with van der Waals surface area (Å²) in [6.45, 7) is 3.94. The average Bonchev–Trinajstić information content (AvgIpc) is 2.01. The third kappa shape index (κ3) is 2.74. The number of hydrogen-bond donors (Lipinski definition) is 1. The zero-order chi connectivity index (χ0) is 8.97. The van der Waals surface area contributed by atoms with E-state index in [4.69, 9.17) is 5.73 Å². The van der Waals surface area contributed by atoms with Crippen LogP contribution in [-0.2, 0) is 6.42 Å². The van der Waals surface area contributed by atoms with Gasteiger partial charge in [-0.2, -0.15) is 0 Å². The first-order chi connectivity index (χ1) is 5.68.